The average Bonchev–Trinajstić information content (AvgIpc) is 2.46. The SMILES string of the molecule is CCCCN(CCCC)CCCNc1ncccn1. The van der Waals surface area contributed by atoms with E-state index >= 15 is 0 Å². The van der Waals surface area contributed by atoms with E-state index in [0.29, 0.717) is 0 Å². The zero-order chi connectivity index (χ0) is 13.8. The molecule has 0 unspecified atom stereocenters. The molecule has 0 saturated carbocycles. The van der Waals surface area contributed by atoms with Crippen molar-refractivity contribution >= 4 is 5.95 Å². The number of nitrogens with zero attached hydrogens (tertiary/aromatic N) is 3. The maximum Gasteiger partial charge on any atom is 0.222 e. The molecule has 4 nitrogen and oxygen atoms in total. The van der Waals surface area contributed by atoms with Crippen LogP contribution in [-0.2, 0) is 0 Å². The third-order valence-electron chi connectivity index (χ3n) is 3.16. The number of anilines is 1. The van der Waals surface area contributed by atoms with E-state index in [4.69, 9.17) is 0 Å². The normalized spacial score (nSPS) is 10.9. The lowest BCUT2D eigenvalue weighted by Gasteiger charge is -2.21. The summed E-state index contributed by atoms with van der Waals surface area (Å²) in [4.78, 5) is 10.9. The molecule has 0 atom stereocenters. The number of aromatic nitrogens is 2. The van der Waals surface area contributed by atoms with Crippen LogP contribution in [0.1, 0.15) is 46.0 Å². The summed E-state index contributed by atoms with van der Waals surface area (Å²) in [7, 11) is 0. The first-order valence-corrected chi connectivity index (χ1v) is 7.60. The fraction of sp³-hybridized carbons (Fsp3) is 0.733. The minimum atomic E-state index is 0.733. The minimum absolute atomic E-state index is 0.733. The van der Waals surface area contributed by atoms with Gasteiger partial charge >= 0.3 is 0 Å². The lowest BCUT2D eigenvalue weighted by atomic mass is 10.2. The summed E-state index contributed by atoms with van der Waals surface area (Å²) in [5.74, 6) is 0.733. The van der Waals surface area contributed by atoms with Crippen LogP contribution in [-0.4, -0.2) is 41.0 Å². The second-order valence-electron chi connectivity index (χ2n) is 4.90. The van der Waals surface area contributed by atoms with E-state index in [0.717, 1.165) is 18.9 Å². The molecule has 1 aromatic heterocycles. The molecule has 0 aliphatic heterocycles. The Morgan fingerprint density at radius 2 is 1.53 bits per heavy atom. The summed E-state index contributed by atoms with van der Waals surface area (Å²) in [5.41, 5.74) is 0. The average molecular weight is 264 g/mol. The van der Waals surface area contributed by atoms with Crippen molar-refractivity contribution in [1.82, 2.24) is 14.9 Å². The van der Waals surface area contributed by atoms with Crippen LogP contribution < -0.4 is 5.32 Å². The van der Waals surface area contributed by atoms with Crippen LogP contribution in [0.15, 0.2) is 18.5 Å². The Labute approximate surface area is 117 Å². The number of hydrogen-bond acceptors (Lipinski definition) is 4. The van der Waals surface area contributed by atoms with Crippen molar-refractivity contribution in [3.8, 4) is 0 Å². The Morgan fingerprint density at radius 3 is 2.11 bits per heavy atom. The highest BCUT2D eigenvalue weighted by atomic mass is 15.1. The Hall–Kier alpha value is -1.16. The van der Waals surface area contributed by atoms with Gasteiger partial charge in [0.1, 0.15) is 0 Å². The highest BCUT2D eigenvalue weighted by Crippen LogP contribution is 2.01. The summed E-state index contributed by atoms with van der Waals surface area (Å²) in [6.45, 7) is 9.09. The maximum absolute atomic E-state index is 4.16. The standard InChI is InChI=1S/C15H28N4/c1-3-5-12-19(13-6-4-2)14-8-11-18-15-16-9-7-10-17-15/h7,9-10H,3-6,8,11-14H2,1-2H3,(H,16,17,18). The van der Waals surface area contributed by atoms with E-state index in [2.05, 4.69) is 34.0 Å². The monoisotopic (exact) mass is 264 g/mol. The van der Waals surface area contributed by atoms with Crippen molar-refractivity contribution in [1.29, 1.82) is 0 Å². The third-order valence-corrected chi connectivity index (χ3v) is 3.16. The zero-order valence-corrected chi connectivity index (χ0v) is 12.4. The summed E-state index contributed by atoms with van der Waals surface area (Å²) in [6.07, 6.45) is 9.84. The van der Waals surface area contributed by atoms with Crippen LogP contribution in [0.25, 0.3) is 0 Å². The van der Waals surface area contributed by atoms with Gasteiger partial charge in [0.05, 0.1) is 0 Å². The molecule has 0 aliphatic rings. The lowest BCUT2D eigenvalue weighted by molar-refractivity contribution is 0.264. The van der Waals surface area contributed by atoms with Gasteiger partial charge in [0.25, 0.3) is 0 Å². The lowest BCUT2D eigenvalue weighted by Crippen LogP contribution is -2.28. The Balaban J connectivity index is 2.16. The van der Waals surface area contributed by atoms with Crippen molar-refractivity contribution in [3.05, 3.63) is 18.5 Å². The van der Waals surface area contributed by atoms with Gasteiger partial charge in [-0.1, -0.05) is 26.7 Å². The van der Waals surface area contributed by atoms with Crippen LogP contribution in [0.4, 0.5) is 5.95 Å². The van der Waals surface area contributed by atoms with Crippen LogP contribution in [0.5, 0.6) is 0 Å². The van der Waals surface area contributed by atoms with Gasteiger partial charge < -0.3 is 10.2 Å². The molecule has 1 heterocycles. The van der Waals surface area contributed by atoms with E-state index in [1.54, 1.807) is 12.4 Å². The fourth-order valence-electron chi connectivity index (χ4n) is 1.99. The van der Waals surface area contributed by atoms with Gasteiger partial charge in [0, 0.05) is 18.9 Å². The first-order valence-electron chi connectivity index (χ1n) is 7.60. The summed E-state index contributed by atoms with van der Waals surface area (Å²) >= 11 is 0. The molecule has 1 aromatic rings. The molecule has 4 heteroatoms. The first kappa shape index (κ1) is 15.9. The van der Waals surface area contributed by atoms with Gasteiger partial charge in [-0.3, -0.25) is 0 Å². The number of unbranched alkanes of at least 4 members (excludes halogenated alkanes) is 2. The molecule has 0 spiro atoms. The van der Waals surface area contributed by atoms with E-state index in [1.807, 2.05) is 6.07 Å². The van der Waals surface area contributed by atoms with Crippen LogP contribution in [0, 0.1) is 0 Å². The molecule has 0 amide bonds. The van der Waals surface area contributed by atoms with Gasteiger partial charge in [0.2, 0.25) is 5.95 Å². The molecule has 19 heavy (non-hydrogen) atoms. The summed E-state index contributed by atoms with van der Waals surface area (Å²) in [5, 5.41) is 3.26. The van der Waals surface area contributed by atoms with Crippen LogP contribution >= 0.6 is 0 Å². The topological polar surface area (TPSA) is 41.0 Å². The highest BCUT2D eigenvalue weighted by Gasteiger charge is 2.03. The second kappa shape index (κ2) is 10.7. The van der Waals surface area contributed by atoms with Gasteiger partial charge in [-0.2, -0.15) is 0 Å². The third kappa shape index (κ3) is 7.78. The van der Waals surface area contributed by atoms with E-state index in [9.17, 15) is 0 Å². The first-order chi connectivity index (χ1) is 9.36. The highest BCUT2D eigenvalue weighted by molar-refractivity contribution is 5.21. The molecule has 0 radical (unpaired) electrons. The van der Waals surface area contributed by atoms with Crippen molar-refractivity contribution < 1.29 is 0 Å². The molecular formula is C15H28N4. The zero-order valence-electron chi connectivity index (χ0n) is 12.4. The summed E-state index contributed by atoms with van der Waals surface area (Å²) < 4.78 is 0. The van der Waals surface area contributed by atoms with E-state index in [-0.39, 0.29) is 0 Å². The number of nitrogens with one attached hydrogen (secondary N) is 1. The molecule has 1 rings (SSSR count). The van der Waals surface area contributed by atoms with E-state index in [1.165, 1.54) is 45.3 Å². The predicted octanol–water partition coefficient (Wildman–Crippen LogP) is 3.18. The molecule has 1 N–H and O–H groups in total. The Morgan fingerprint density at radius 1 is 0.947 bits per heavy atom. The second-order valence-corrected chi connectivity index (χ2v) is 4.90. The maximum atomic E-state index is 4.16. The fourth-order valence-corrected chi connectivity index (χ4v) is 1.99. The quantitative estimate of drug-likeness (QED) is 0.623. The van der Waals surface area contributed by atoms with Gasteiger partial charge in [0.15, 0.2) is 0 Å². The molecule has 108 valence electrons. The Kier molecular flexibility index (Phi) is 8.98. The smallest absolute Gasteiger partial charge is 0.222 e. The van der Waals surface area contributed by atoms with Gasteiger partial charge in [-0.05, 0) is 45.0 Å². The van der Waals surface area contributed by atoms with Crippen molar-refractivity contribution in [2.45, 2.75) is 46.0 Å². The molecule has 0 fully saturated rings. The van der Waals surface area contributed by atoms with E-state index < -0.39 is 0 Å². The van der Waals surface area contributed by atoms with Crippen molar-refractivity contribution in [2.24, 2.45) is 0 Å². The van der Waals surface area contributed by atoms with Gasteiger partial charge in [-0.25, -0.2) is 9.97 Å². The minimum Gasteiger partial charge on any atom is -0.354 e. The Bertz CT molecular complexity index is 294. The van der Waals surface area contributed by atoms with Crippen LogP contribution in [0.2, 0.25) is 0 Å². The number of hydrogen-bond donors (Lipinski definition) is 1. The van der Waals surface area contributed by atoms with Gasteiger partial charge in [-0.15, -0.1) is 0 Å². The van der Waals surface area contributed by atoms with Crippen LogP contribution in [0.3, 0.4) is 0 Å². The molecule has 0 bridgehead atoms. The molecular weight excluding hydrogens is 236 g/mol. The predicted molar refractivity (Wildman–Crippen MR) is 81.4 cm³/mol. The number of rotatable bonds is 11. The largest absolute Gasteiger partial charge is 0.354 e. The molecule has 0 saturated heterocycles. The molecule has 0 aromatic carbocycles. The molecule has 0 aliphatic carbocycles. The van der Waals surface area contributed by atoms with Crippen molar-refractivity contribution in [3.63, 3.8) is 0 Å². The summed E-state index contributed by atoms with van der Waals surface area (Å²) in [6, 6.07) is 1.84. The van der Waals surface area contributed by atoms with Crippen molar-refractivity contribution in [2.75, 3.05) is 31.5 Å².